The normalized spacial score (nSPS) is 7.62. The minimum atomic E-state index is -0.725. The molecule has 1 amide bonds. The van der Waals surface area contributed by atoms with Crippen LogP contribution in [0.5, 0.6) is 0 Å². The zero-order chi connectivity index (χ0) is 6.57. The third-order valence-electron chi connectivity index (χ3n) is 0.422. The number of nitrogens with two attached hydrogens (primary N) is 1. The molecular weight excluding hydrogens is 110 g/mol. The summed E-state index contributed by atoms with van der Waals surface area (Å²) < 4.78 is 4.09. The van der Waals surface area contributed by atoms with Crippen molar-refractivity contribution >= 4 is 12.1 Å². The summed E-state index contributed by atoms with van der Waals surface area (Å²) in [6, 6.07) is 0. The van der Waals surface area contributed by atoms with Crippen molar-refractivity contribution in [2.45, 2.75) is 0 Å². The first-order valence-electron chi connectivity index (χ1n) is 1.86. The first-order chi connectivity index (χ1) is 3.66. The molecule has 0 unspecified atom stereocenters. The second-order valence-electron chi connectivity index (χ2n) is 1.03. The van der Waals surface area contributed by atoms with Crippen molar-refractivity contribution in [3.8, 4) is 0 Å². The van der Waals surface area contributed by atoms with Crippen LogP contribution in [0.2, 0.25) is 0 Å². The fraction of sp³-hybridized carbons (Fsp3) is 0.333. The number of guanidine groups is 1. The number of rotatable bonds is 0. The Morgan fingerprint density at radius 2 is 2.38 bits per heavy atom. The predicted octanol–water partition coefficient (Wildman–Crippen LogP) is -0.764. The Bertz CT molecular complexity index is 111. The quantitative estimate of drug-likeness (QED) is 0.287. The highest BCUT2D eigenvalue weighted by Gasteiger charge is 1.95. The van der Waals surface area contributed by atoms with Gasteiger partial charge in [-0.25, -0.2) is 4.79 Å². The molecule has 4 N–H and O–H groups in total. The summed E-state index contributed by atoms with van der Waals surface area (Å²) in [4.78, 5) is 10.1. The van der Waals surface area contributed by atoms with Gasteiger partial charge in [-0.05, 0) is 0 Å². The smallest absolute Gasteiger partial charge is 0.413 e. The molecule has 0 fully saturated rings. The molecule has 0 heterocycles. The molecule has 0 radical (unpaired) electrons. The van der Waals surface area contributed by atoms with Gasteiger partial charge < -0.3 is 10.5 Å². The van der Waals surface area contributed by atoms with E-state index >= 15 is 0 Å². The van der Waals surface area contributed by atoms with Crippen molar-refractivity contribution in [3.63, 3.8) is 0 Å². The minimum Gasteiger partial charge on any atom is -0.453 e. The Hall–Kier alpha value is -1.26. The third-order valence-corrected chi connectivity index (χ3v) is 0.422. The van der Waals surface area contributed by atoms with E-state index < -0.39 is 12.1 Å². The Labute approximate surface area is 46.3 Å². The number of amides is 1. The molecule has 8 heavy (non-hydrogen) atoms. The van der Waals surface area contributed by atoms with Gasteiger partial charge in [-0.15, -0.1) is 0 Å². The van der Waals surface area contributed by atoms with Crippen molar-refractivity contribution in [2.75, 3.05) is 7.11 Å². The lowest BCUT2D eigenvalue weighted by Gasteiger charge is -1.96. The van der Waals surface area contributed by atoms with Gasteiger partial charge in [-0.3, -0.25) is 10.7 Å². The molecule has 0 aromatic rings. The number of carbonyl (C=O) groups is 1. The number of carbonyl (C=O) groups excluding carboxylic acids is 1. The zero-order valence-electron chi connectivity index (χ0n) is 4.39. The van der Waals surface area contributed by atoms with E-state index in [0.717, 1.165) is 0 Å². The molecule has 0 aromatic carbocycles. The molecule has 0 rings (SSSR count). The van der Waals surface area contributed by atoms with E-state index in [-0.39, 0.29) is 0 Å². The molecule has 0 saturated heterocycles. The fourth-order valence-corrected chi connectivity index (χ4v) is 0.161. The lowest BCUT2D eigenvalue weighted by Crippen LogP contribution is -2.35. The molecule has 5 nitrogen and oxygen atoms in total. The van der Waals surface area contributed by atoms with Crippen molar-refractivity contribution in [3.05, 3.63) is 0 Å². The van der Waals surface area contributed by atoms with Gasteiger partial charge in [0, 0.05) is 0 Å². The van der Waals surface area contributed by atoms with Gasteiger partial charge >= 0.3 is 6.09 Å². The maximum absolute atomic E-state index is 10.1. The Balaban J connectivity index is 3.40. The van der Waals surface area contributed by atoms with Crippen LogP contribution in [0.1, 0.15) is 0 Å². The molecule has 0 atom stereocenters. The van der Waals surface area contributed by atoms with Gasteiger partial charge in [0.15, 0.2) is 5.96 Å². The van der Waals surface area contributed by atoms with Crippen LogP contribution in [0.3, 0.4) is 0 Å². The molecule has 0 aromatic heterocycles. The molecular formula is C3H7N3O2. The predicted molar refractivity (Wildman–Crippen MR) is 27.5 cm³/mol. The Morgan fingerprint density at radius 1 is 1.88 bits per heavy atom. The maximum Gasteiger partial charge on any atom is 0.413 e. The summed E-state index contributed by atoms with van der Waals surface area (Å²) in [5.74, 6) is -0.420. The molecule has 0 aliphatic carbocycles. The Morgan fingerprint density at radius 3 is 2.50 bits per heavy atom. The second-order valence-corrected chi connectivity index (χ2v) is 1.03. The first kappa shape index (κ1) is 6.74. The van der Waals surface area contributed by atoms with Crippen LogP contribution in [-0.4, -0.2) is 19.2 Å². The van der Waals surface area contributed by atoms with E-state index in [2.05, 4.69) is 4.74 Å². The summed E-state index contributed by atoms with van der Waals surface area (Å²) in [6.07, 6.45) is -0.725. The lowest BCUT2D eigenvalue weighted by molar-refractivity contribution is 0.176. The van der Waals surface area contributed by atoms with Crippen molar-refractivity contribution < 1.29 is 9.53 Å². The molecule has 0 spiro atoms. The van der Waals surface area contributed by atoms with Crippen LogP contribution in [0.15, 0.2) is 0 Å². The first-order valence-corrected chi connectivity index (χ1v) is 1.86. The van der Waals surface area contributed by atoms with Crippen molar-refractivity contribution in [2.24, 2.45) is 5.73 Å². The average Bonchev–Trinajstić information content (AvgIpc) is 1.65. The summed E-state index contributed by atoms with van der Waals surface area (Å²) in [5, 5.41) is 8.39. The highest BCUT2D eigenvalue weighted by Crippen LogP contribution is 1.65. The molecule has 0 bridgehead atoms. The number of alkyl carbamates (subject to hydrolysis) is 1. The molecule has 0 aliphatic rings. The maximum atomic E-state index is 10.1. The standard InChI is InChI=1S/C3H7N3O2/c1-8-3(7)6-2(4)5/h1H3,(H4,4,5,6,7). The van der Waals surface area contributed by atoms with Crippen LogP contribution >= 0.6 is 0 Å². The number of methoxy groups -OCH3 is 1. The number of hydrogen-bond acceptors (Lipinski definition) is 3. The summed E-state index contributed by atoms with van der Waals surface area (Å²) in [7, 11) is 1.19. The Kier molecular flexibility index (Phi) is 2.39. The van der Waals surface area contributed by atoms with Gasteiger partial charge in [0.2, 0.25) is 0 Å². The van der Waals surface area contributed by atoms with E-state index in [1.807, 2.05) is 5.32 Å². The summed E-state index contributed by atoms with van der Waals surface area (Å²) in [5.41, 5.74) is 4.74. The molecule has 0 saturated carbocycles. The highest BCUT2D eigenvalue weighted by atomic mass is 16.5. The van der Waals surface area contributed by atoms with Gasteiger partial charge in [0.05, 0.1) is 7.11 Å². The molecule has 46 valence electrons. The minimum absolute atomic E-state index is 0.420. The van der Waals surface area contributed by atoms with Crippen molar-refractivity contribution in [1.82, 2.24) is 5.32 Å². The van der Waals surface area contributed by atoms with E-state index in [1.165, 1.54) is 7.11 Å². The van der Waals surface area contributed by atoms with Gasteiger partial charge in [0.1, 0.15) is 0 Å². The number of hydrogen-bond donors (Lipinski definition) is 3. The average molecular weight is 117 g/mol. The number of ether oxygens (including phenoxy) is 1. The van der Waals surface area contributed by atoms with E-state index in [0.29, 0.717) is 0 Å². The summed E-state index contributed by atoms with van der Waals surface area (Å²) in [6.45, 7) is 0. The van der Waals surface area contributed by atoms with E-state index in [9.17, 15) is 4.79 Å². The largest absolute Gasteiger partial charge is 0.453 e. The van der Waals surface area contributed by atoms with Crippen molar-refractivity contribution in [1.29, 1.82) is 5.41 Å². The zero-order valence-corrected chi connectivity index (χ0v) is 4.39. The van der Waals surface area contributed by atoms with Crippen LogP contribution in [0, 0.1) is 5.41 Å². The van der Waals surface area contributed by atoms with Crippen LogP contribution in [0.4, 0.5) is 4.79 Å². The monoisotopic (exact) mass is 117 g/mol. The van der Waals surface area contributed by atoms with Crippen LogP contribution in [-0.2, 0) is 4.74 Å². The van der Waals surface area contributed by atoms with Crippen LogP contribution < -0.4 is 11.1 Å². The second kappa shape index (κ2) is 2.84. The van der Waals surface area contributed by atoms with Gasteiger partial charge in [0.25, 0.3) is 0 Å². The third kappa shape index (κ3) is 2.95. The van der Waals surface area contributed by atoms with Gasteiger partial charge in [-0.1, -0.05) is 0 Å². The van der Waals surface area contributed by atoms with Crippen LogP contribution in [0.25, 0.3) is 0 Å². The molecule has 0 aliphatic heterocycles. The van der Waals surface area contributed by atoms with E-state index in [4.69, 9.17) is 11.1 Å². The number of nitrogens with one attached hydrogen (secondary N) is 2. The van der Waals surface area contributed by atoms with E-state index in [1.54, 1.807) is 0 Å². The fourth-order valence-electron chi connectivity index (χ4n) is 0.161. The SMILES string of the molecule is COC(=O)NC(=N)N. The molecule has 5 heteroatoms. The lowest BCUT2D eigenvalue weighted by atomic mass is 10.9. The topological polar surface area (TPSA) is 88.2 Å². The van der Waals surface area contributed by atoms with Gasteiger partial charge in [-0.2, -0.15) is 0 Å². The summed E-state index contributed by atoms with van der Waals surface area (Å²) >= 11 is 0. The highest BCUT2D eigenvalue weighted by molar-refractivity contribution is 5.90.